The minimum atomic E-state index is -0.0863. The first-order chi connectivity index (χ1) is 7.60. The van der Waals surface area contributed by atoms with Gasteiger partial charge in [0.2, 0.25) is 5.91 Å². The molecule has 0 atom stereocenters. The summed E-state index contributed by atoms with van der Waals surface area (Å²) >= 11 is 5.78. The number of rotatable bonds is 5. The summed E-state index contributed by atoms with van der Waals surface area (Å²) in [5.41, 5.74) is 0.267. The quantitative estimate of drug-likeness (QED) is 0.739. The molecule has 2 rings (SSSR count). The van der Waals surface area contributed by atoms with Crippen LogP contribution in [0.4, 0.5) is 0 Å². The number of halogens is 1. The Morgan fingerprint density at radius 1 is 1.25 bits per heavy atom. The fraction of sp³-hybridized carbons (Fsp3) is 0.923. The van der Waals surface area contributed by atoms with Crippen LogP contribution in [0.3, 0.4) is 0 Å². The van der Waals surface area contributed by atoms with Crippen molar-refractivity contribution >= 4 is 17.5 Å². The predicted molar refractivity (Wildman–Crippen MR) is 66.6 cm³/mol. The highest BCUT2D eigenvalue weighted by atomic mass is 35.5. The maximum Gasteiger partial charge on any atom is 0.225 e. The third-order valence-corrected chi connectivity index (χ3v) is 4.65. The van der Waals surface area contributed by atoms with Gasteiger partial charge < -0.3 is 5.32 Å². The molecule has 0 radical (unpaired) electrons. The molecule has 0 spiro atoms. The van der Waals surface area contributed by atoms with Crippen molar-refractivity contribution in [3.05, 3.63) is 0 Å². The lowest BCUT2D eigenvalue weighted by molar-refractivity contribution is -0.130. The van der Waals surface area contributed by atoms with E-state index in [0.29, 0.717) is 11.3 Å². The lowest BCUT2D eigenvalue weighted by Crippen LogP contribution is -2.40. The van der Waals surface area contributed by atoms with Crippen LogP contribution in [0.5, 0.6) is 0 Å². The van der Waals surface area contributed by atoms with E-state index >= 15 is 0 Å². The zero-order chi connectivity index (χ0) is 11.6. The summed E-state index contributed by atoms with van der Waals surface area (Å²) in [4.78, 5) is 12.1. The van der Waals surface area contributed by atoms with Crippen molar-refractivity contribution in [2.75, 3.05) is 12.4 Å². The van der Waals surface area contributed by atoms with Crippen LogP contribution >= 0.6 is 11.6 Å². The molecular formula is C13H22ClNO. The molecule has 0 aliphatic heterocycles. The molecule has 2 aliphatic rings. The normalized spacial score (nSPS) is 25.4. The standard InChI is InChI=1S/C13H22ClNO/c1-12(4-2-3-5-12)11(16)15-10-13(6-7-13)8-9-14/h2-10H2,1H3,(H,15,16). The van der Waals surface area contributed by atoms with Gasteiger partial charge in [-0.15, -0.1) is 11.6 Å². The molecule has 2 nitrogen and oxygen atoms in total. The first kappa shape index (κ1) is 12.2. The lowest BCUT2D eigenvalue weighted by atomic mass is 9.87. The summed E-state index contributed by atoms with van der Waals surface area (Å²) in [7, 11) is 0. The van der Waals surface area contributed by atoms with Gasteiger partial charge in [-0.3, -0.25) is 4.79 Å². The van der Waals surface area contributed by atoms with Crippen LogP contribution in [0.2, 0.25) is 0 Å². The van der Waals surface area contributed by atoms with E-state index in [1.54, 1.807) is 0 Å². The maximum atomic E-state index is 12.1. The largest absolute Gasteiger partial charge is 0.355 e. The van der Waals surface area contributed by atoms with Gasteiger partial charge in [0.15, 0.2) is 0 Å². The number of hydrogen-bond donors (Lipinski definition) is 1. The van der Waals surface area contributed by atoms with Gasteiger partial charge in [0, 0.05) is 17.8 Å². The first-order valence-electron chi connectivity index (χ1n) is 6.45. The van der Waals surface area contributed by atoms with Crippen LogP contribution < -0.4 is 5.32 Å². The van der Waals surface area contributed by atoms with Crippen molar-refractivity contribution in [3.8, 4) is 0 Å². The van der Waals surface area contributed by atoms with Crippen LogP contribution in [0.25, 0.3) is 0 Å². The number of carbonyl (C=O) groups excluding carboxylic acids is 1. The molecule has 3 heteroatoms. The van der Waals surface area contributed by atoms with Gasteiger partial charge in [-0.25, -0.2) is 0 Å². The van der Waals surface area contributed by atoms with Gasteiger partial charge in [-0.05, 0) is 37.5 Å². The van der Waals surface area contributed by atoms with Gasteiger partial charge in [-0.1, -0.05) is 19.8 Å². The molecule has 0 heterocycles. The van der Waals surface area contributed by atoms with Crippen molar-refractivity contribution in [2.45, 2.75) is 51.9 Å². The summed E-state index contributed by atoms with van der Waals surface area (Å²) < 4.78 is 0. The van der Waals surface area contributed by atoms with Crippen molar-refractivity contribution in [1.82, 2.24) is 5.32 Å². The van der Waals surface area contributed by atoms with E-state index in [4.69, 9.17) is 11.6 Å². The highest BCUT2D eigenvalue weighted by molar-refractivity contribution is 6.17. The van der Waals surface area contributed by atoms with E-state index < -0.39 is 0 Å². The van der Waals surface area contributed by atoms with E-state index in [-0.39, 0.29) is 11.3 Å². The molecule has 1 amide bonds. The van der Waals surface area contributed by atoms with Gasteiger partial charge in [0.05, 0.1) is 0 Å². The Balaban J connectivity index is 1.79. The smallest absolute Gasteiger partial charge is 0.225 e. The topological polar surface area (TPSA) is 29.1 Å². The lowest BCUT2D eigenvalue weighted by Gasteiger charge is -2.24. The molecule has 2 saturated carbocycles. The first-order valence-corrected chi connectivity index (χ1v) is 6.98. The Bertz CT molecular complexity index is 267. The van der Waals surface area contributed by atoms with E-state index in [1.807, 2.05) is 0 Å². The van der Waals surface area contributed by atoms with Crippen molar-refractivity contribution in [3.63, 3.8) is 0 Å². The highest BCUT2D eigenvalue weighted by Crippen LogP contribution is 2.48. The molecule has 0 aromatic carbocycles. The molecule has 0 aromatic heterocycles. The Morgan fingerprint density at radius 3 is 2.38 bits per heavy atom. The third-order valence-electron chi connectivity index (χ3n) is 4.46. The van der Waals surface area contributed by atoms with Gasteiger partial charge >= 0.3 is 0 Å². The zero-order valence-corrected chi connectivity index (χ0v) is 10.9. The average molecular weight is 244 g/mol. The number of nitrogens with one attached hydrogen (secondary N) is 1. The number of hydrogen-bond acceptors (Lipinski definition) is 1. The minimum Gasteiger partial charge on any atom is -0.355 e. The fourth-order valence-corrected chi connectivity index (χ4v) is 3.16. The van der Waals surface area contributed by atoms with E-state index in [0.717, 1.165) is 25.8 Å². The number of amides is 1. The molecule has 0 bridgehead atoms. The summed E-state index contributed by atoms with van der Waals surface area (Å²) in [5.74, 6) is 0.985. The summed E-state index contributed by atoms with van der Waals surface area (Å²) in [6.45, 7) is 2.95. The Labute approximate surface area is 103 Å². The van der Waals surface area contributed by atoms with E-state index in [2.05, 4.69) is 12.2 Å². The van der Waals surface area contributed by atoms with Gasteiger partial charge in [-0.2, -0.15) is 0 Å². The monoisotopic (exact) mass is 243 g/mol. The van der Waals surface area contributed by atoms with Crippen molar-refractivity contribution < 1.29 is 4.79 Å². The third kappa shape index (κ3) is 2.53. The number of alkyl halides is 1. The van der Waals surface area contributed by atoms with E-state index in [9.17, 15) is 4.79 Å². The van der Waals surface area contributed by atoms with Crippen LogP contribution in [0, 0.1) is 10.8 Å². The van der Waals surface area contributed by atoms with Gasteiger partial charge in [0.1, 0.15) is 0 Å². The molecule has 16 heavy (non-hydrogen) atoms. The fourth-order valence-electron chi connectivity index (χ4n) is 2.76. The Kier molecular flexibility index (Phi) is 3.48. The molecule has 0 aromatic rings. The van der Waals surface area contributed by atoms with Crippen molar-refractivity contribution in [1.29, 1.82) is 0 Å². The van der Waals surface area contributed by atoms with Crippen molar-refractivity contribution in [2.24, 2.45) is 10.8 Å². The Morgan fingerprint density at radius 2 is 1.88 bits per heavy atom. The average Bonchev–Trinajstić information content (AvgIpc) is 2.88. The van der Waals surface area contributed by atoms with Gasteiger partial charge in [0.25, 0.3) is 0 Å². The SMILES string of the molecule is CC1(C(=O)NCC2(CCCl)CC2)CCCC1. The molecule has 0 unspecified atom stereocenters. The summed E-state index contributed by atoms with van der Waals surface area (Å²) in [5, 5.41) is 3.16. The number of carbonyl (C=O) groups is 1. The summed E-state index contributed by atoms with van der Waals surface area (Å²) in [6, 6.07) is 0. The molecule has 2 aliphatic carbocycles. The molecule has 1 N–H and O–H groups in total. The molecule has 92 valence electrons. The van der Waals surface area contributed by atoms with Crippen LogP contribution in [0.1, 0.15) is 51.9 Å². The molecule has 0 saturated heterocycles. The summed E-state index contributed by atoms with van der Waals surface area (Å²) in [6.07, 6.45) is 8.04. The second-order valence-corrected chi connectivity index (χ2v) is 6.27. The minimum absolute atomic E-state index is 0.0863. The predicted octanol–water partition coefficient (Wildman–Crippen LogP) is 3.09. The van der Waals surface area contributed by atoms with E-state index in [1.165, 1.54) is 25.7 Å². The van der Waals surface area contributed by atoms with Crippen LogP contribution in [-0.2, 0) is 4.79 Å². The highest BCUT2D eigenvalue weighted by Gasteiger charge is 2.43. The Hall–Kier alpha value is -0.240. The molecule has 2 fully saturated rings. The second-order valence-electron chi connectivity index (χ2n) is 5.89. The molecular weight excluding hydrogens is 222 g/mol. The van der Waals surface area contributed by atoms with Crippen LogP contribution in [0.15, 0.2) is 0 Å². The maximum absolute atomic E-state index is 12.1. The van der Waals surface area contributed by atoms with Crippen LogP contribution in [-0.4, -0.2) is 18.3 Å². The second kappa shape index (κ2) is 4.56. The zero-order valence-electron chi connectivity index (χ0n) is 10.2.